The number of nitrogens with one attached hydrogen (secondary N) is 1. The fourth-order valence-electron chi connectivity index (χ4n) is 2.39. The highest BCUT2D eigenvalue weighted by atomic mass is 35.5. The minimum Gasteiger partial charge on any atom is -0.339 e. The first kappa shape index (κ1) is 14.6. The van der Waals surface area contributed by atoms with Crippen LogP contribution in [0.15, 0.2) is 60.8 Å². The molecule has 2 aromatic heterocycles. The Kier molecular flexibility index (Phi) is 4.12. The van der Waals surface area contributed by atoms with E-state index < -0.39 is 0 Å². The maximum Gasteiger partial charge on any atom is 0.139 e. The summed E-state index contributed by atoms with van der Waals surface area (Å²) in [5.74, 6) is 0. The Morgan fingerprint density at radius 3 is 2.18 bits per heavy atom. The third kappa shape index (κ3) is 2.83. The number of para-hydroxylation sites is 1. The highest BCUT2D eigenvalue weighted by Crippen LogP contribution is 2.29. The minimum absolute atomic E-state index is 0.743. The molecule has 0 amide bonds. The number of aryl methyl sites for hydroxylation is 2. The molecule has 2 heterocycles. The van der Waals surface area contributed by atoms with Crippen LogP contribution in [0.3, 0.4) is 0 Å². The molecule has 3 heteroatoms. The van der Waals surface area contributed by atoms with Crippen LogP contribution in [-0.2, 0) is 0 Å². The predicted octanol–water partition coefficient (Wildman–Crippen LogP) is 5.67. The largest absolute Gasteiger partial charge is 0.339 e. The first-order chi connectivity index (χ1) is 10.7. The molecule has 0 bridgehead atoms. The van der Waals surface area contributed by atoms with Crippen molar-refractivity contribution in [2.45, 2.75) is 13.8 Å². The molecule has 0 fully saturated rings. The Morgan fingerprint density at radius 2 is 1.50 bits per heavy atom. The summed E-state index contributed by atoms with van der Waals surface area (Å²) < 4.78 is 0. The van der Waals surface area contributed by atoms with Gasteiger partial charge in [-0.2, -0.15) is 0 Å². The molecule has 0 aliphatic heterocycles. The van der Waals surface area contributed by atoms with Crippen molar-refractivity contribution in [3.63, 3.8) is 0 Å². The molecular weight excluding hydrogens is 292 g/mol. The Bertz CT molecular complexity index is 904. The average Bonchev–Trinajstić information content (AvgIpc) is 2.91. The van der Waals surface area contributed by atoms with Crippen LogP contribution in [0.2, 0.25) is 5.02 Å². The van der Waals surface area contributed by atoms with E-state index in [4.69, 9.17) is 11.6 Å². The van der Waals surface area contributed by atoms with E-state index in [0.29, 0.717) is 0 Å². The smallest absolute Gasteiger partial charge is 0.139 e. The van der Waals surface area contributed by atoms with Crippen LogP contribution in [-0.4, -0.2) is 9.97 Å². The van der Waals surface area contributed by atoms with E-state index in [1.165, 1.54) is 11.1 Å². The zero-order valence-electron chi connectivity index (χ0n) is 12.6. The second kappa shape index (κ2) is 6.20. The zero-order valence-corrected chi connectivity index (χ0v) is 13.4. The number of hydrogen-bond acceptors (Lipinski definition) is 1. The molecule has 1 N–H and O–H groups in total. The minimum atomic E-state index is 0.743. The molecule has 2 aromatic carbocycles. The number of aromatic nitrogens is 2. The van der Waals surface area contributed by atoms with Gasteiger partial charge in [-0.3, -0.25) is 0 Å². The Morgan fingerprint density at radius 1 is 0.864 bits per heavy atom. The van der Waals surface area contributed by atoms with Crippen molar-refractivity contribution in [1.82, 2.24) is 9.97 Å². The van der Waals surface area contributed by atoms with E-state index >= 15 is 0 Å². The summed E-state index contributed by atoms with van der Waals surface area (Å²) in [6, 6.07) is 18.2. The number of H-pyrrole nitrogens is 1. The number of fused-ring (bicyclic) bond motifs is 3. The molecular formula is C19H17ClN2. The molecule has 4 aromatic rings. The normalized spacial score (nSPS) is 10.5. The van der Waals surface area contributed by atoms with E-state index in [0.717, 1.165) is 27.0 Å². The zero-order chi connectivity index (χ0) is 15.5. The van der Waals surface area contributed by atoms with Gasteiger partial charge in [0, 0.05) is 22.5 Å². The first-order valence-corrected chi connectivity index (χ1v) is 7.58. The van der Waals surface area contributed by atoms with Gasteiger partial charge in [-0.05, 0) is 37.1 Å². The molecule has 0 saturated carbocycles. The number of rotatable bonds is 0. The van der Waals surface area contributed by atoms with E-state index in [9.17, 15) is 0 Å². The fraction of sp³-hybridized carbons (Fsp3) is 0.105. The van der Waals surface area contributed by atoms with Crippen LogP contribution in [0.5, 0.6) is 0 Å². The highest BCUT2D eigenvalue weighted by Gasteiger charge is 2.06. The van der Waals surface area contributed by atoms with Crippen molar-refractivity contribution < 1.29 is 0 Å². The first-order valence-electron chi connectivity index (χ1n) is 7.20. The number of hydrogen-bond donors (Lipinski definition) is 1. The third-order valence-electron chi connectivity index (χ3n) is 3.78. The van der Waals surface area contributed by atoms with Gasteiger partial charge in [0.1, 0.15) is 5.65 Å². The molecule has 0 unspecified atom stereocenters. The van der Waals surface area contributed by atoms with E-state index in [1.54, 1.807) is 6.20 Å². The summed E-state index contributed by atoms with van der Waals surface area (Å²) in [6.07, 6.45) is 1.71. The Balaban J connectivity index is 0.000000154. The van der Waals surface area contributed by atoms with Crippen molar-refractivity contribution in [2.75, 3.05) is 0 Å². The van der Waals surface area contributed by atoms with Gasteiger partial charge < -0.3 is 4.98 Å². The lowest BCUT2D eigenvalue weighted by molar-refractivity contribution is 1.34. The van der Waals surface area contributed by atoms with E-state index in [1.807, 2.05) is 30.3 Å². The lowest BCUT2D eigenvalue weighted by Crippen LogP contribution is -1.74. The van der Waals surface area contributed by atoms with Gasteiger partial charge in [0.15, 0.2) is 0 Å². The number of pyridine rings is 1. The second-order valence-corrected chi connectivity index (χ2v) is 5.68. The molecule has 0 atom stereocenters. The lowest BCUT2D eigenvalue weighted by atomic mass is 10.1. The van der Waals surface area contributed by atoms with E-state index in [-0.39, 0.29) is 0 Å². The highest BCUT2D eigenvalue weighted by molar-refractivity contribution is 6.37. The molecule has 2 nitrogen and oxygen atoms in total. The quantitative estimate of drug-likeness (QED) is 0.445. The number of benzene rings is 2. The molecule has 0 saturated heterocycles. The van der Waals surface area contributed by atoms with Crippen LogP contribution in [0, 0.1) is 13.8 Å². The molecule has 0 spiro atoms. The Labute approximate surface area is 134 Å². The van der Waals surface area contributed by atoms with Crippen LogP contribution in [0.1, 0.15) is 11.1 Å². The predicted molar refractivity (Wildman–Crippen MR) is 94.5 cm³/mol. The van der Waals surface area contributed by atoms with Gasteiger partial charge in [-0.1, -0.05) is 54.1 Å². The maximum atomic E-state index is 6.12. The van der Waals surface area contributed by atoms with Crippen molar-refractivity contribution in [2.24, 2.45) is 0 Å². The van der Waals surface area contributed by atoms with Gasteiger partial charge in [-0.15, -0.1) is 0 Å². The Hall–Kier alpha value is -2.32. The monoisotopic (exact) mass is 308 g/mol. The van der Waals surface area contributed by atoms with Crippen molar-refractivity contribution in [1.29, 1.82) is 0 Å². The molecule has 0 radical (unpaired) electrons. The third-order valence-corrected chi connectivity index (χ3v) is 4.09. The summed E-state index contributed by atoms with van der Waals surface area (Å²) >= 11 is 6.12. The lowest BCUT2D eigenvalue weighted by Gasteiger charge is -1.93. The summed E-state index contributed by atoms with van der Waals surface area (Å²) in [5, 5.41) is 2.87. The van der Waals surface area contributed by atoms with Crippen LogP contribution >= 0.6 is 11.6 Å². The van der Waals surface area contributed by atoms with E-state index in [2.05, 4.69) is 48.1 Å². The summed E-state index contributed by atoms with van der Waals surface area (Å²) in [6.45, 7) is 4.24. The molecule has 0 aliphatic rings. The SMILES string of the molecule is Cc1ccccc1C.Clc1ccnc2[nH]c3ccccc3c12. The van der Waals surface area contributed by atoms with Gasteiger partial charge in [0.25, 0.3) is 0 Å². The number of nitrogens with zero attached hydrogens (tertiary/aromatic N) is 1. The van der Waals surface area contributed by atoms with Crippen LogP contribution < -0.4 is 0 Å². The number of halogens is 1. The maximum absolute atomic E-state index is 6.12. The molecule has 4 rings (SSSR count). The van der Waals surface area contributed by atoms with Crippen LogP contribution in [0.4, 0.5) is 0 Å². The topological polar surface area (TPSA) is 28.7 Å². The summed E-state index contributed by atoms with van der Waals surface area (Å²) in [4.78, 5) is 7.46. The van der Waals surface area contributed by atoms with Crippen molar-refractivity contribution >= 4 is 33.5 Å². The number of aromatic amines is 1. The van der Waals surface area contributed by atoms with Crippen LogP contribution in [0.25, 0.3) is 21.9 Å². The van der Waals surface area contributed by atoms with Gasteiger partial charge >= 0.3 is 0 Å². The summed E-state index contributed by atoms with van der Waals surface area (Å²) in [5.41, 5.74) is 4.65. The average molecular weight is 309 g/mol. The van der Waals surface area contributed by atoms with Crippen molar-refractivity contribution in [3.8, 4) is 0 Å². The summed E-state index contributed by atoms with van der Waals surface area (Å²) in [7, 11) is 0. The van der Waals surface area contributed by atoms with Crippen molar-refractivity contribution in [3.05, 3.63) is 76.9 Å². The molecule has 22 heavy (non-hydrogen) atoms. The van der Waals surface area contributed by atoms with Gasteiger partial charge in [0.2, 0.25) is 0 Å². The van der Waals surface area contributed by atoms with Gasteiger partial charge in [-0.25, -0.2) is 4.98 Å². The fourth-order valence-corrected chi connectivity index (χ4v) is 2.64. The second-order valence-electron chi connectivity index (χ2n) is 5.27. The standard InChI is InChI=1S/C11H7ClN2.C8H10/c12-8-5-6-13-11-10(8)7-3-1-2-4-9(7)14-11;1-7-5-3-4-6-8(7)2/h1-6H,(H,13,14);3-6H,1-2H3. The van der Waals surface area contributed by atoms with Gasteiger partial charge in [0.05, 0.1) is 5.02 Å². The molecule has 0 aliphatic carbocycles. The molecule has 110 valence electrons.